The van der Waals surface area contributed by atoms with Gasteiger partial charge in [0.05, 0.1) is 28.9 Å². The normalized spacial score (nSPS) is 17.1. The van der Waals surface area contributed by atoms with Gasteiger partial charge in [-0.25, -0.2) is 9.99 Å². The number of halogens is 1. The number of carboxylic acids is 1. The number of hydrogen-bond acceptors (Lipinski definition) is 5. The second-order valence-electron chi connectivity index (χ2n) is 5.83. The minimum Gasteiger partial charge on any atom is -0.481 e. The fourth-order valence-electron chi connectivity index (χ4n) is 2.93. The first-order valence-corrected chi connectivity index (χ1v) is 8.99. The van der Waals surface area contributed by atoms with Crippen LogP contribution in [0.4, 0.5) is 5.13 Å². The molecule has 5 nitrogen and oxygen atoms in total. The maximum atomic E-state index is 11.3. The van der Waals surface area contributed by atoms with Crippen LogP contribution in [0.5, 0.6) is 0 Å². The number of hydrazone groups is 1. The molecule has 0 bridgehead atoms. The molecule has 1 aliphatic rings. The first-order chi connectivity index (χ1) is 12.1. The van der Waals surface area contributed by atoms with Crippen molar-refractivity contribution in [2.75, 3.05) is 11.6 Å². The summed E-state index contributed by atoms with van der Waals surface area (Å²) in [5.74, 6) is -1.02. The van der Waals surface area contributed by atoms with Crippen LogP contribution in [-0.2, 0) is 4.79 Å². The number of rotatable bonds is 4. The lowest BCUT2D eigenvalue weighted by atomic mass is 9.95. The monoisotopic (exact) mass is 371 g/mol. The summed E-state index contributed by atoms with van der Waals surface area (Å²) >= 11 is 7.51. The van der Waals surface area contributed by atoms with Crippen LogP contribution in [0, 0.1) is 5.92 Å². The Balaban J connectivity index is 1.71. The number of hydrogen-bond donors (Lipinski definition) is 1. The van der Waals surface area contributed by atoms with E-state index in [1.54, 1.807) is 23.5 Å². The molecule has 0 saturated heterocycles. The van der Waals surface area contributed by atoms with Crippen LogP contribution in [-0.4, -0.2) is 28.3 Å². The molecule has 0 saturated carbocycles. The highest BCUT2D eigenvalue weighted by Gasteiger charge is 2.31. The summed E-state index contributed by atoms with van der Waals surface area (Å²) in [5, 5.41) is 17.2. The molecule has 2 aromatic carbocycles. The number of benzene rings is 2. The number of carboxylic acid groups (broad SMARTS) is 1. The van der Waals surface area contributed by atoms with E-state index in [-0.39, 0.29) is 12.3 Å². The molecule has 2 heterocycles. The molecule has 0 fully saturated rings. The summed E-state index contributed by atoms with van der Waals surface area (Å²) in [4.78, 5) is 15.9. The topological polar surface area (TPSA) is 65.8 Å². The van der Waals surface area contributed by atoms with E-state index in [1.165, 1.54) is 0 Å². The van der Waals surface area contributed by atoms with Crippen LogP contribution in [0.15, 0.2) is 53.6 Å². The molecule has 7 heteroatoms. The van der Waals surface area contributed by atoms with E-state index in [1.807, 2.05) is 41.4 Å². The predicted molar refractivity (Wildman–Crippen MR) is 101 cm³/mol. The van der Waals surface area contributed by atoms with Gasteiger partial charge in [-0.2, -0.15) is 5.10 Å². The van der Waals surface area contributed by atoms with Crippen LogP contribution in [0.25, 0.3) is 10.2 Å². The summed E-state index contributed by atoms with van der Waals surface area (Å²) in [6.45, 7) is 0.504. The zero-order valence-electron chi connectivity index (χ0n) is 13.1. The average Bonchev–Trinajstić information content (AvgIpc) is 3.19. The Morgan fingerprint density at radius 2 is 2.00 bits per heavy atom. The molecule has 3 aromatic rings. The van der Waals surface area contributed by atoms with Gasteiger partial charge >= 0.3 is 5.97 Å². The number of thiazole rings is 1. The lowest BCUT2D eigenvalue weighted by Crippen LogP contribution is -2.22. The number of para-hydroxylation sites is 1. The highest BCUT2D eigenvalue weighted by atomic mass is 35.5. The van der Waals surface area contributed by atoms with Gasteiger partial charge < -0.3 is 5.11 Å². The minimum absolute atomic E-state index is 0.0306. The summed E-state index contributed by atoms with van der Waals surface area (Å²) < 4.78 is 1.09. The third-order valence-corrected chi connectivity index (χ3v) is 5.37. The van der Waals surface area contributed by atoms with Crippen LogP contribution >= 0.6 is 22.9 Å². The van der Waals surface area contributed by atoms with E-state index >= 15 is 0 Å². The van der Waals surface area contributed by atoms with E-state index in [0.29, 0.717) is 11.6 Å². The SMILES string of the molecule is O=C(O)CC1CN(c2nc3ccccc3s2)N=C1c1ccc(Cl)cc1. The van der Waals surface area contributed by atoms with E-state index in [9.17, 15) is 9.90 Å². The fraction of sp³-hybridized carbons (Fsp3) is 0.167. The lowest BCUT2D eigenvalue weighted by molar-refractivity contribution is -0.137. The number of nitrogens with zero attached hydrogens (tertiary/aromatic N) is 3. The Bertz CT molecular complexity index is 935. The second kappa shape index (κ2) is 6.46. The third kappa shape index (κ3) is 3.23. The van der Waals surface area contributed by atoms with Crippen molar-refractivity contribution in [2.24, 2.45) is 11.0 Å². The maximum Gasteiger partial charge on any atom is 0.304 e. The zero-order chi connectivity index (χ0) is 17.4. The zero-order valence-corrected chi connectivity index (χ0v) is 14.7. The standard InChI is InChI=1S/C18H14ClN3O2S/c19-13-7-5-11(6-8-13)17-12(9-16(23)24)10-22(21-17)18-20-14-3-1-2-4-15(14)25-18/h1-8,12H,9-10H2,(H,23,24). The maximum absolute atomic E-state index is 11.3. The number of aliphatic carboxylic acids is 1. The first kappa shape index (κ1) is 16.1. The van der Waals surface area contributed by atoms with Gasteiger partial charge in [0.15, 0.2) is 0 Å². The molecule has 0 radical (unpaired) electrons. The minimum atomic E-state index is -0.835. The Morgan fingerprint density at radius 3 is 2.72 bits per heavy atom. The highest BCUT2D eigenvalue weighted by molar-refractivity contribution is 7.22. The van der Waals surface area contributed by atoms with Crippen LogP contribution in [0.2, 0.25) is 5.02 Å². The highest BCUT2D eigenvalue weighted by Crippen LogP contribution is 2.33. The van der Waals surface area contributed by atoms with E-state index in [4.69, 9.17) is 11.6 Å². The number of aromatic nitrogens is 1. The van der Waals surface area contributed by atoms with Crippen molar-refractivity contribution in [1.82, 2.24) is 4.98 Å². The van der Waals surface area contributed by atoms with Crippen LogP contribution in [0.1, 0.15) is 12.0 Å². The Hall–Kier alpha value is -2.44. The van der Waals surface area contributed by atoms with Gasteiger partial charge in [0.1, 0.15) is 0 Å². The second-order valence-corrected chi connectivity index (χ2v) is 7.28. The third-order valence-electron chi connectivity index (χ3n) is 4.07. The van der Waals surface area contributed by atoms with Crippen LogP contribution < -0.4 is 5.01 Å². The molecular weight excluding hydrogens is 358 g/mol. The van der Waals surface area contributed by atoms with Gasteiger partial charge in [-0.1, -0.05) is 47.2 Å². The summed E-state index contributed by atoms with van der Waals surface area (Å²) in [7, 11) is 0. The number of anilines is 1. The van der Waals surface area contributed by atoms with Gasteiger partial charge in [0.2, 0.25) is 5.13 Å². The van der Waals surface area contributed by atoms with Gasteiger partial charge in [0.25, 0.3) is 0 Å². The van der Waals surface area contributed by atoms with Crippen molar-refractivity contribution in [3.63, 3.8) is 0 Å². The van der Waals surface area contributed by atoms with Gasteiger partial charge in [-0.15, -0.1) is 0 Å². The summed E-state index contributed by atoms with van der Waals surface area (Å²) in [6.07, 6.45) is 0.0306. The molecule has 4 rings (SSSR count). The first-order valence-electron chi connectivity index (χ1n) is 7.79. The Morgan fingerprint density at radius 1 is 1.24 bits per heavy atom. The summed E-state index contributed by atoms with van der Waals surface area (Å²) in [6, 6.07) is 15.2. The van der Waals surface area contributed by atoms with Crippen molar-refractivity contribution in [1.29, 1.82) is 0 Å². The molecule has 0 amide bonds. The smallest absolute Gasteiger partial charge is 0.304 e. The number of carbonyl (C=O) groups is 1. The average molecular weight is 372 g/mol. The van der Waals surface area contributed by atoms with Crippen molar-refractivity contribution in [3.8, 4) is 0 Å². The quantitative estimate of drug-likeness (QED) is 0.744. The van der Waals surface area contributed by atoms with Crippen molar-refractivity contribution in [3.05, 3.63) is 59.1 Å². The molecule has 0 aliphatic carbocycles. The summed E-state index contributed by atoms with van der Waals surface area (Å²) in [5.41, 5.74) is 2.57. The molecule has 1 unspecified atom stereocenters. The van der Waals surface area contributed by atoms with E-state index in [2.05, 4.69) is 10.1 Å². The van der Waals surface area contributed by atoms with E-state index in [0.717, 1.165) is 26.6 Å². The Kier molecular flexibility index (Phi) is 4.15. The molecule has 1 N–H and O–H groups in total. The molecule has 1 aromatic heterocycles. The molecule has 0 spiro atoms. The molecule has 1 atom stereocenters. The predicted octanol–water partition coefficient (Wildman–Crippen LogP) is 4.26. The van der Waals surface area contributed by atoms with Crippen molar-refractivity contribution in [2.45, 2.75) is 6.42 Å². The lowest BCUT2D eigenvalue weighted by Gasteiger charge is -2.11. The largest absolute Gasteiger partial charge is 0.481 e. The Labute approximate surface area is 153 Å². The van der Waals surface area contributed by atoms with Gasteiger partial charge in [0, 0.05) is 10.9 Å². The van der Waals surface area contributed by atoms with Gasteiger partial charge in [-0.05, 0) is 29.8 Å². The number of fused-ring (bicyclic) bond motifs is 1. The molecule has 25 heavy (non-hydrogen) atoms. The van der Waals surface area contributed by atoms with Crippen molar-refractivity contribution >= 4 is 50.0 Å². The fourth-order valence-corrected chi connectivity index (χ4v) is 3.98. The molecule has 1 aliphatic heterocycles. The van der Waals surface area contributed by atoms with E-state index < -0.39 is 5.97 Å². The van der Waals surface area contributed by atoms with Crippen molar-refractivity contribution < 1.29 is 9.90 Å². The molecule has 126 valence electrons. The van der Waals surface area contributed by atoms with Gasteiger partial charge in [-0.3, -0.25) is 4.79 Å². The molecular formula is C18H14ClN3O2S. The van der Waals surface area contributed by atoms with Crippen LogP contribution in [0.3, 0.4) is 0 Å².